The van der Waals surface area contributed by atoms with Crippen molar-refractivity contribution in [1.29, 1.82) is 0 Å². The molecule has 8 heteroatoms. The first-order chi connectivity index (χ1) is 14.6. The summed E-state index contributed by atoms with van der Waals surface area (Å²) in [6.45, 7) is 0. The summed E-state index contributed by atoms with van der Waals surface area (Å²) >= 11 is 0. The van der Waals surface area contributed by atoms with Gasteiger partial charge in [-0.05, 0) is 47.5 Å². The molecule has 30 heavy (non-hydrogen) atoms. The van der Waals surface area contributed by atoms with Crippen LogP contribution in [0.25, 0.3) is 45.2 Å². The van der Waals surface area contributed by atoms with Crippen LogP contribution in [-0.2, 0) is 7.05 Å². The number of hydrogen-bond donors (Lipinski definition) is 0. The van der Waals surface area contributed by atoms with Gasteiger partial charge in [-0.25, -0.2) is 9.37 Å². The lowest BCUT2D eigenvalue weighted by Gasteiger charge is -2.10. The van der Waals surface area contributed by atoms with Crippen molar-refractivity contribution in [3.8, 4) is 34.0 Å². The zero-order valence-electron chi connectivity index (χ0n) is 15.8. The molecule has 0 saturated heterocycles. The molecule has 0 aliphatic carbocycles. The number of nitrogens with zero attached hydrogens (tertiary/aromatic N) is 5. The van der Waals surface area contributed by atoms with Crippen LogP contribution >= 0.6 is 0 Å². The van der Waals surface area contributed by atoms with Crippen molar-refractivity contribution in [2.75, 3.05) is 0 Å². The van der Waals surface area contributed by atoms with Crippen molar-refractivity contribution in [2.24, 2.45) is 7.05 Å². The topological polar surface area (TPSA) is 86.7 Å². The number of aromatic nitrogens is 5. The first-order valence-electron chi connectivity index (χ1n) is 9.10. The highest BCUT2D eigenvalue weighted by molar-refractivity contribution is 5.83. The van der Waals surface area contributed by atoms with E-state index in [9.17, 15) is 9.18 Å². The molecule has 0 fully saturated rings. The highest BCUT2D eigenvalue weighted by Crippen LogP contribution is 2.34. The van der Waals surface area contributed by atoms with Crippen LogP contribution in [-0.4, -0.2) is 31.0 Å². The van der Waals surface area contributed by atoms with Gasteiger partial charge in [-0.15, -0.1) is 10.2 Å². The number of hydrogen-bond acceptors (Lipinski definition) is 6. The third kappa shape index (κ3) is 3.04. The summed E-state index contributed by atoms with van der Waals surface area (Å²) in [6, 6.07) is 15.4. The van der Waals surface area contributed by atoms with Crippen LogP contribution in [0.4, 0.5) is 4.39 Å². The molecular formula is C22H14FN5O2. The molecule has 0 aliphatic rings. The number of rotatable bonds is 4. The number of benzene rings is 2. The highest BCUT2D eigenvalue weighted by Gasteiger charge is 2.15. The lowest BCUT2D eigenvalue weighted by atomic mass is 9.97. The maximum Gasteiger partial charge on any atom is 0.228 e. The number of pyridine rings is 1. The fraction of sp³-hybridized carbons (Fsp3) is 0.0455. The summed E-state index contributed by atoms with van der Waals surface area (Å²) in [6.07, 6.45) is 2.23. The summed E-state index contributed by atoms with van der Waals surface area (Å²) in [5.41, 5.74) is 4.13. The fourth-order valence-corrected chi connectivity index (χ4v) is 3.32. The number of oxazole rings is 1. The number of aldehydes is 1. The molecule has 0 spiro atoms. The van der Waals surface area contributed by atoms with Crippen molar-refractivity contribution in [3.63, 3.8) is 0 Å². The van der Waals surface area contributed by atoms with E-state index in [1.807, 2.05) is 24.3 Å². The Bertz CT molecular complexity index is 1410. The Balaban J connectivity index is 1.63. The molecule has 0 amide bonds. The van der Waals surface area contributed by atoms with Crippen molar-refractivity contribution in [3.05, 3.63) is 72.4 Å². The highest BCUT2D eigenvalue weighted by atomic mass is 19.1. The predicted octanol–water partition coefficient (Wildman–Crippen LogP) is 4.30. The molecule has 0 atom stereocenters. The summed E-state index contributed by atoms with van der Waals surface area (Å²) in [5, 5.41) is 8.02. The molecule has 3 heterocycles. The van der Waals surface area contributed by atoms with Crippen LogP contribution in [0.2, 0.25) is 0 Å². The van der Waals surface area contributed by atoms with Crippen LogP contribution in [0.3, 0.4) is 0 Å². The molecule has 5 aromatic rings. The van der Waals surface area contributed by atoms with E-state index in [0.717, 1.165) is 16.7 Å². The van der Waals surface area contributed by atoms with Gasteiger partial charge in [0.25, 0.3) is 0 Å². The average molecular weight is 399 g/mol. The summed E-state index contributed by atoms with van der Waals surface area (Å²) in [4.78, 5) is 19.5. The first-order valence-corrected chi connectivity index (χ1v) is 9.10. The Morgan fingerprint density at radius 2 is 1.87 bits per heavy atom. The van der Waals surface area contributed by atoms with Gasteiger partial charge in [-0.2, -0.15) is 4.98 Å². The van der Waals surface area contributed by atoms with Gasteiger partial charge in [0.05, 0.1) is 0 Å². The molecule has 0 N–H and O–H groups in total. The number of carbonyl (C=O) groups is 1. The number of fused-ring (bicyclic) bond motifs is 1. The van der Waals surface area contributed by atoms with E-state index in [-0.39, 0.29) is 11.5 Å². The van der Waals surface area contributed by atoms with E-state index in [4.69, 9.17) is 4.42 Å². The quantitative estimate of drug-likeness (QED) is 0.419. The molecule has 0 unspecified atom stereocenters. The van der Waals surface area contributed by atoms with Gasteiger partial charge in [-0.3, -0.25) is 4.79 Å². The standard InChI is InChI=1S/C22H14FN5O2/c1-28-12-24-27-21(28)18-10-15(23)5-7-17(18)13-3-2-4-14(9-13)22-26-20-19(30-22)8-6-16(11-29)25-20/h2-12H,1H3. The van der Waals surface area contributed by atoms with E-state index in [1.165, 1.54) is 12.1 Å². The van der Waals surface area contributed by atoms with Crippen molar-refractivity contribution in [1.82, 2.24) is 24.7 Å². The second-order valence-electron chi connectivity index (χ2n) is 6.73. The molecule has 0 bridgehead atoms. The first kappa shape index (κ1) is 17.9. The third-order valence-electron chi connectivity index (χ3n) is 4.75. The van der Waals surface area contributed by atoms with E-state index >= 15 is 0 Å². The van der Waals surface area contributed by atoms with Crippen LogP contribution in [0.5, 0.6) is 0 Å². The largest absolute Gasteiger partial charge is 0.434 e. The number of aryl methyl sites for hydroxylation is 1. The van der Waals surface area contributed by atoms with Crippen LogP contribution in [0.15, 0.2) is 65.3 Å². The van der Waals surface area contributed by atoms with Gasteiger partial charge < -0.3 is 8.98 Å². The lowest BCUT2D eigenvalue weighted by molar-refractivity contribution is 0.111. The molecule has 146 valence electrons. The molecule has 0 radical (unpaired) electrons. The summed E-state index contributed by atoms with van der Waals surface area (Å²) < 4.78 is 21.5. The smallest absolute Gasteiger partial charge is 0.228 e. The Kier molecular flexibility index (Phi) is 4.17. The monoisotopic (exact) mass is 399 g/mol. The third-order valence-corrected chi connectivity index (χ3v) is 4.75. The maximum absolute atomic E-state index is 14.0. The zero-order valence-corrected chi connectivity index (χ0v) is 15.8. The Hall–Kier alpha value is -4.20. The molecule has 5 rings (SSSR count). The van der Waals surface area contributed by atoms with Gasteiger partial charge in [0, 0.05) is 18.2 Å². The molecule has 2 aromatic carbocycles. The second-order valence-corrected chi connectivity index (χ2v) is 6.73. The Morgan fingerprint density at radius 1 is 1.00 bits per heavy atom. The van der Waals surface area contributed by atoms with Crippen molar-refractivity contribution >= 4 is 17.5 Å². The van der Waals surface area contributed by atoms with Crippen molar-refractivity contribution < 1.29 is 13.6 Å². The summed E-state index contributed by atoms with van der Waals surface area (Å²) in [5.74, 6) is 0.580. The number of carbonyl (C=O) groups excluding carboxylic acids is 1. The summed E-state index contributed by atoms with van der Waals surface area (Å²) in [7, 11) is 1.80. The van der Waals surface area contributed by atoms with Gasteiger partial charge in [0.15, 0.2) is 23.3 Å². The van der Waals surface area contributed by atoms with E-state index in [2.05, 4.69) is 20.2 Å². The minimum absolute atomic E-state index is 0.288. The maximum atomic E-state index is 14.0. The Labute approximate surface area is 169 Å². The number of halogens is 1. The predicted molar refractivity (Wildman–Crippen MR) is 108 cm³/mol. The van der Waals surface area contributed by atoms with E-state index in [0.29, 0.717) is 34.8 Å². The molecule has 3 aromatic heterocycles. The minimum Gasteiger partial charge on any atom is -0.434 e. The molecule has 0 aliphatic heterocycles. The van der Waals surface area contributed by atoms with E-state index < -0.39 is 0 Å². The SMILES string of the molecule is Cn1cnnc1-c1cc(F)ccc1-c1cccc(-c2nc3nc(C=O)ccc3o2)c1. The van der Waals surface area contributed by atoms with Gasteiger partial charge in [0.2, 0.25) is 5.89 Å². The van der Waals surface area contributed by atoms with Gasteiger partial charge in [-0.1, -0.05) is 18.2 Å². The van der Waals surface area contributed by atoms with E-state index in [1.54, 1.807) is 36.1 Å². The minimum atomic E-state index is -0.357. The van der Waals surface area contributed by atoms with Crippen LogP contribution in [0.1, 0.15) is 10.5 Å². The molecule has 0 saturated carbocycles. The molecular weight excluding hydrogens is 385 g/mol. The zero-order chi connectivity index (χ0) is 20.7. The van der Waals surface area contributed by atoms with Crippen LogP contribution < -0.4 is 0 Å². The fourth-order valence-electron chi connectivity index (χ4n) is 3.32. The van der Waals surface area contributed by atoms with Crippen molar-refractivity contribution in [2.45, 2.75) is 0 Å². The lowest BCUT2D eigenvalue weighted by Crippen LogP contribution is -1.95. The molecule has 7 nitrogen and oxygen atoms in total. The normalized spacial score (nSPS) is 11.1. The van der Waals surface area contributed by atoms with Crippen LogP contribution in [0, 0.1) is 5.82 Å². The van der Waals surface area contributed by atoms with Gasteiger partial charge >= 0.3 is 0 Å². The second kappa shape index (κ2) is 7.00. The average Bonchev–Trinajstić information content (AvgIpc) is 3.39. The Morgan fingerprint density at radius 3 is 2.67 bits per heavy atom. The van der Waals surface area contributed by atoms with Gasteiger partial charge in [0.1, 0.15) is 17.8 Å².